The lowest BCUT2D eigenvalue weighted by Crippen LogP contribution is -2.36. The lowest BCUT2D eigenvalue weighted by molar-refractivity contribution is 0.390. The monoisotopic (exact) mass is 264 g/mol. The fourth-order valence-electron chi connectivity index (χ4n) is 1.93. The molecule has 2 aromatic rings. The van der Waals surface area contributed by atoms with Crippen LogP contribution in [0, 0.1) is 6.92 Å². The molecule has 0 unspecified atom stereocenters. The molecular formula is C13H20N4S. The van der Waals surface area contributed by atoms with Crippen molar-refractivity contribution in [3.63, 3.8) is 0 Å². The second-order valence-electron chi connectivity index (χ2n) is 4.91. The van der Waals surface area contributed by atoms with Gasteiger partial charge in [0.25, 0.3) is 0 Å². The summed E-state index contributed by atoms with van der Waals surface area (Å²) in [6, 6.07) is 2.13. The van der Waals surface area contributed by atoms with E-state index < -0.39 is 0 Å². The van der Waals surface area contributed by atoms with Crippen molar-refractivity contribution >= 4 is 11.3 Å². The average molecular weight is 264 g/mol. The minimum Gasteiger partial charge on any atom is -0.300 e. The van der Waals surface area contributed by atoms with Gasteiger partial charge in [-0.2, -0.15) is 5.10 Å². The summed E-state index contributed by atoms with van der Waals surface area (Å²) in [6.07, 6.45) is 1.85. The van der Waals surface area contributed by atoms with Crippen molar-refractivity contribution in [2.24, 2.45) is 0 Å². The zero-order valence-electron chi connectivity index (χ0n) is 11.4. The van der Waals surface area contributed by atoms with Gasteiger partial charge in [0.15, 0.2) is 0 Å². The second-order valence-corrected chi connectivity index (χ2v) is 5.80. The minimum absolute atomic E-state index is 0.106. The van der Waals surface area contributed by atoms with Gasteiger partial charge in [-0.05, 0) is 33.8 Å². The van der Waals surface area contributed by atoms with Gasteiger partial charge in [-0.15, -0.1) is 11.3 Å². The maximum Gasteiger partial charge on any atom is 0.112 e. The highest BCUT2D eigenvalue weighted by molar-refractivity contribution is 7.09. The Morgan fingerprint density at radius 3 is 2.83 bits per heavy atom. The van der Waals surface area contributed by atoms with Crippen LogP contribution in [0.25, 0.3) is 0 Å². The lowest BCUT2D eigenvalue weighted by Gasteiger charge is -2.24. The van der Waals surface area contributed by atoms with E-state index >= 15 is 0 Å². The van der Waals surface area contributed by atoms with Crippen LogP contribution < -0.4 is 5.32 Å². The predicted molar refractivity (Wildman–Crippen MR) is 74.6 cm³/mol. The molecule has 0 saturated heterocycles. The molecule has 0 atom stereocenters. The zero-order valence-corrected chi connectivity index (χ0v) is 12.2. The molecule has 5 heteroatoms. The minimum atomic E-state index is -0.106. The molecule has 98 valence electrons. The van der Waals surface area contributed by atoms with E-state index in [-0.39, 0.29) is 5.54 Å². The topological polar surface area (TPSA) is 42.7 Å². The van der Waals surface area contributed by atoms with Gasteiger partial charge in [0.05, 0.1) is 16.9 Å². The first-order valence-electron chi connectivity index (χ1n) is 6.21. The highest BCUT2D eigenvalue weighted by Gasteiger charge is 2.22. The van der Waals surface area contributed by atoms with Gasteiger partial charge in [-0.25, -0.2) is 4.98 Å². The summed E-state index contributed by atoms with van der Waals surface area (Å²) in [4.78, 5) is 4.38. The van der Waals surface area contributed by atoms with E-state index in [0.29, 0.717) is 0 Å². The number of aryl methyl sites for hydroxylation is 2. The first-order valence-corrected chi connectivity index (χ1v) is 7.09. The van der Waals surface area contributed by atoms with Crippen molar-refractivity contribution in [2.75, 3.05) is 0 Å². The van der Waals surface area contributed by atoms with E-state index in [1.165, 1.54) is 5.69 Å². The second kappa shape index (κ2) is 5.20. The Hall–Kier alpha value is -1.20. The molecule has 0 fully saturated rings. The van der Waals surface area contributed by atoms with Crippen LogP contribution in [-0.2, 0) is 18.6 Å². The summed E-state index contributed by atoms with van der Waals surface area (Å²) in [7, 11) is 0. The third kappa shape index (κ3) is 2.79. The van der Waals surface area contributed by atoms with Crippen molar-refractivity contribution < 1.29 is 0 Å². The molecule has 2 rings (SSSR count). The predicted octanol–water partition coefficient (Wildman–Crippen LogP) is 2.69. The highest BCUT2D eigenvalue weighted by atomic mass is 32.1. The Bertz CT molecular complexity index is 499. The normalized spacial score (nSPS) is 12.0. The largest absolute Gasteiger partial charge is 0.300 e. The molecule has 2 heterocycles. The maximum atomic E-state index is 4.46. The van der Waals surface area contributed by atoms with Gasteiger partial charge in [0, 0.05) is 24.7 Å². The molecule has 18 heavy (non-hydrogen) atoms. The lowest BCUT2D eigenvalue weighted by atomic mass is 10.1. The number of rotatable bonds is 5. The van der Waals surface area contributed by atoms with Crippen LogP contribution in [-0.4, -0.2) is 14.8 Å². The number of thiazole rings is 1. The molecule has 0 saturated carbocycles. The van der Waals surface area contributed by atoms with Crippen LogP contribution in [0.1, 0.15) is 37.2 Å². The molecule has 2 aromatic heterocycles. The van der Waals surface area contributed by atoms with E-state index in [0.717, 1.165) is 23.8 Å². The van der Waals surface area contributed by atoms with Crippen LogP contribution >= 0.6 is 11.3 Å². The third-order valence-corrected chi connectivity index (χ3v) is 4.06. The summed E-state index contributed by atoms with van der Waals surface area (Å²) in [5.74, 6) is 0. The molecule has 4 nitrogen and oxygen atoms in total. The van der Waals surface area contributed by atoms with Gasteiger partial charge in [0.1, 0.15) is 5.01 Å². The summed E-state index contributed by atoms with van der Waals surface area (Å²) in [5.41, 5.74) is 2.19. The first-order chi connectivity index (χ1) is 8.53. The summed E-state index contributed by atoms with van der Waals surface area (Å²) in [5, 5.41) is 11.1. The maximum absolute atomic E-state index is 4.46. The number of hydrogen-bond acceptors (Lipinski definition) is 4. The van der Waals surface area contributed by atoms with Gasteiger partial charge in [0.2, 0.25) is 0 Å². The Morgan fingerprint density at radius 1 is 1.44 bits per heavy atom. The standard InChI is InChI=1S/C13H20N4S/c1-5-17-11(8-10(2)16-17)9-15-13(3,4)12-14-6-7-18-12/h6-8,15H,5,9H2,1-4H3. The molecule has 0 spiro atoms. The third-order valence-electron chi connectivity index (χ3n) is 2.96. The van der Waals surface area contributed by atoms with Crippen LogP contribution in [0.2, 0.25) is 0 Å². The SMILES string of the molecule is CCn1nc(C)cc1CNC(C)(C)c1nccs1. The molecule has 0 aliphatic heterocycles. The van der Waals surface area contributed by atoms with Crippen molar-refractivity contribution in [2.45, 2.75) is 46.3 Å². The van der Waals surface area contributed by atoms with Crippen LogP contribution in [0.4, 0.5) is 0 Å². The fourth-order valence-corrected chi connectivity index (χ4v) is 2.67. The van der Waals surface area contributed by atoms with E-state index in [1.54, 1.807) is 11.3 Å². The smallest absolute Gasteiger partial charge is 0.112 e. The molecule has 0 bridgehead atoms. The highest BCUT2D eigenvalue weighted by Crippen LogP contribution is 2.22. The van der Waals surface area contributed by atoms with Crippen molar-refractivity contribution in [1.82, 2.24) is 20.1 Å². The van der Waals surface area contributed by atoms with Crippen LogP contribution in [0.5, 0.6) is 0 Å². The van der Waals surface area contributed by atoms with Crippen molar-refractivity contribution in [3.05, 3.63) is 34.0 Å². The molecular weight excluding hydrogens is 244 g/mol. The van der Waals surface area contributed by atoms with E-state index in [9.17, 15) is 0 Å². The van der Waals surface area contributed by atoms with Crippen LogP contribution in [0.15, 0.2) is 17.6 Å². The van der Waals surface area contributed by atoms with Gasteiger partial charge >= 0.3 is 0 Å². The molecule has 0 aromatic carbocycles. The molecule has 1 N–H and O–H groups in total. The Labute approximate surface area is 112 Å². The Balaban J connectivity index is 2.07. The quantitative estimate of drug-likeness (QED) is 0.903. The molecule has 0 aliphatic carbocycles. The molecule has 0 radical (unpaired) electrons. The molecule has 0 aliphatic rings. The zero-order chi connectivity index (χ0) is 13.2. The molecule has 0 amide bonds. The summed E-state index contributed by atoms with van der Waals surface area (Å²) < 4.78 is 2.04. The van der Waals surface area contributed by atoms with Gasteiger partial charge in [-0.3, -0.25) is 4.68 Å². The van der Waals surface area contributed by atoms with Gasteiger partial charge < -0.3 is 5.32 Å². The summed E-state index contributed by atoms with van der Waals surface area (Å²) in [6.45, 7) is 10.2. The number of nitrogens with one attached hydrogen (secondary N) is 1. The van der Waals surface area contributed by atoms with E-state index in [1.807, 2.05) is 23.2 Å². The first kappa shape index (κ1) is 13.2. The van der Waals surface area contributed by atoms with Crippen LogP contribution in [0.3, 0.4) is 0 Å². The fraction of sp³-hybridized carbons (Fsp3) is 0.538. The van der Waals surface area contributed by atoms with E-state index in [4.69, 9.17) is 0 Å². The number of nitrogens with zero attached hydrogens (tertiary/aromatic N) is 3. The number of aromatic nitrogens is 3. The Morgan fingerprint density at radius 2 is 2.22 bits per heavy atom. The Kier molecular flexibility index (Phi) is 3.82. The summed E-state index contributed by atoms with van der Waals surface area (Å²) >= 11 is 1.68. The van der Waals surface area contributed by atoms with Gasteiger partial charge in [-0.1, -0.05) is 0 Å². The van der Waals surface area contributed by atoms with Crippen molar-refractivity contribution in [1.29, 1.82) is 0 Å². The number of hydrogen-bond donors (Lipinski definition) is 1. The van der Waals surface area contributed by atoms with Crippen molar-refractivity contribution in [3.8, 4) is 0 Å². The van der Waals surface area contributed by atoms with E-state index in [2.05, 4.69) is 42.2 Å². The average Bonchev–Trinajstić information content (AvgIpc) is 2.95.